The van der Waals surface area contributed by atoms with Gasteiger partial charge in [-0.3, -0.25) is 4.79 Å². The third-order valence-corrected chi connectivity index (χ3v) is 5.85. The van der Waals surface area contributed by atoms with Crippen molar-refractivity contribution < 1.29 is 14.6 Å². The summed E-state index contributed by atoms with van der Waals surface area (Å²) in [6.45, 7) is 8.23. The van der Waals surface area contributed by atoms with E-state index in [1.807, 2.05) is 18.2 Å². The molecule has 0 aromatic heterocycles. The lowest BCUT2D eigenvalue weighted by molar-refractivity contribution is -0.137. The van der Waals surface area contributed by atoms with Crippen LogP contribution in [0.2, 0.25) is 0 Å². The number of rotatable bonds is 9. The van der Waals surface area contributed by atoms with E-state index in [1.165, 1.54) is 51.4 Å². The molecule has 0 heterocycles. The molecular weight excluding hydrogens is 312 g/mol. The summed E-state index contributed by atoms with van der Waals surface area (Å²) in [5.74, 6) is 0.402. The van der Waals surface area contributed by atoms with Crippen molar-refractivity contribution in [2.24, 2.45) is 17.3 Å². The van der Waals surface area contributed by atoms with Gasteiger partial charge in [-0.15, -0.1) is 6.58 Å². The topological polar surface area (TPSA) is 46.5 Å². The zero-order valence-corrected chi connectivity index (χ0v) is 15.3. The highest BCUT2D eigenvalue weighted by atomic mass is 16.5. The molecule has 2 aliphatic rings. The Morgan fingerprint density at radius 1 is 1.20 bits per heavy atom. The monoisotopic (exact) mass is 344 g/mol. The minimum atomic E-state index is -0.823. The van der Waals surface area contributed by atoms with Crippen molar-refractivity contribution in [1.82, 2.24) is 0 Å². The Hall–Kier alpha value is -1.77. The van der Waals surface area contributed by atoms with Crippen molar-refractivity contribution in [3.8, 4) is 0 Å². The highest BCUT2D eigenvalue weighted by Crippen LogP contribution is 2.50. The van der Waals surface area contributed by atoms with Crippen LogP contribution in [0.15, 0.2) is 49.3 Å². The first-order chi connectivity index (χ1) is 12.1. The molecule has 2 aliphatic carbocycles. The quantitative estimate of drug-likeness (QED) is 0.334. The maximum atomic E-state index is 10.8. The zero-order chi connectivity index (χ0) is 18.1. The third-order valence-electron chi connectivity index (χ3n) is 5.85. The second kappa shape index (κ2) is 9.65. The van der Waals surface area contributed by atoms with E-state index in [2.05, 4.69) is 13.2 Å². The van der Waals surface area contributed by atoms with Gasteiger partial charge < -0.3 is 9.84 Å². The molecule has 0 aromatic rings. The van der Waals surface area contributed by atoms with Gasteiger partial charge in [-0.05, 0) is 62.0 Å². The molecule has 1 atom stereocenters. The molecule has 25 heavy (non-hydrogen) atoms. The summed E-state index contributed by atoms with van der Waals surface area (Å²) in [6, 6.07) is 0. The maximum absolute atomic E-state index is 10.8. The van der Waals surface area contributed by atoms with Gasteiger partial charge in [0.15, 0.2) is 0 Å². The third kappa shape index (κ3) is 6.22. The van der Waals surface area contributed by atoms with Crippen LogP contribution in [0.5, 0.6) is 0 Å². The fraction of sp³-hybridized carbons (Fsp3) is 0.591. The number of carboxylic acids is 1. The van der Waals surface area contributed by atoms with E-state index in [0.29, 0.717) is 11.3 Å². The van der Waals surface area contributed by atoms with Crippen molar-refractivity contribution in [2.75, 3.05) is 6.61 Å². The minimum Gasteiger partial charge on any atom is -0.493 e. The van der Waals surface area contributed by atoms with Crippen molar-refractivity contribution in [1.29, 1.82) is 0 Å². The highest BCUT2D eigenvalue weighted by molar-refractivity contribution is 5.67. The van der Waals surface area contributed by atoms with Crippen molar-refractivity contribution >= 4 is 5.97 Å². The SMILES string of the molecule is C=CC(=CC=C[C@@H](C=C)CC(=O)O)OCC1CCC2(CCCC2)CC1. The second-order valence-corrected chi connectivity index (χ2v) is 7.62. The maximum Gasteiger partial charge on any atom is 0.304 e. The van der Waals surface area contributed by atoms with E-state index in [9.17, 15) is 4.79 Å². The number of aliphatic carboxylic acids is 1. The summed E-state index contributed by atoms with van der Waals surface area (Å²) in [5, 5.41) is 8.84. The first kappa shape index (κ1) is 19.6. The van der Waals surface area contributed by atoms with Gasteiger partial charge in [0.2, 0.25) is 0 Å². The van der Waals surface area contributed by atoms with E-state index in [4.69, 9.17) is 9.84 Å². The Kier molecular flexibility index (Phi) is 7.54. The molecule has 0 aliphatic heterocycles. The number of carboxylic acid groups (broad SMARTS) is 1. The Morgan fingerprint density at radius 2 is 1.88 bits per heavy atom. The van der Waals surface area contributed by atoms with Gasteiger partial charge in [0.25, 0.3) is 0 Å². The summed E-state index contributed by atoms with van der Waals surface area (Å²) in [6.07, 6.45) is 19.9. The number of ether oxygens (including phenoxy) is 1. The fourth-order valence-electron chi connectivity index (χ4n) is 4.20. The lowest BCUT2D eigenvalue weighted by atomic mass is 9.69. The summed E-state index contributed by atoms with van der Waals surface area (Å²) in [7, 11) is 0. The van der Waals surface area contributed by atoms with Crippen LogP contribution in [0.4, 0.5) is 0 Å². The molecule has 0 aromatic carbocycles. The predicted molar refractivity (Wildman–Crippen MR) is 102 cm³/mol. The van der Waals surface area contributed by atoms with E-state index in [-0.39, 0.29) is 12.3 Å². The molecule has 3 heteroatoms. The van der Waals surface area contributed by atoms with Gasteiger partial charge >= 0.3 is 5.97 Å². The van der Waals surface area contributed by atoms with E-state index >= 15 is 0 Å². The van der Waals surface area contributed by atoms with Gasteiger partial charge in [-0.25, -0.2) is 0 Å². The van der Waals surface area contributed by atoms with Gasteiger partial charge in [0.1, 0.15) is 5.76 Å². The van der Waals surface area contributed by atoms with Crippen LogP contribution in [-0.4, -0.2) is 17.7 Å². The van der Waals surface area contributed by atoms with Crippen LogP contribution >= 0.6 is 0 Å². The standard InChI is InChI=1S/C22H32O3/c1-3-18(16-21(23)24)8-7-9-20(4-2)25-17-19-10-14-22(15-11-19)12-5-6-13-22/h3-4,7-9,18-19H,1-2,5-6,10-17H2,(H,23,24)/t18-/m1/s1. The molecule has 0 radical (unpaired) electrons. The van der Waals surface area contributed by atoms with E-state index in [0.717, 1.165) is 12.4 Å². The lowest BCUT2D eigenvalue weighted by Gasteiger charge is -2.37. The average molecular weight is 344 g/mol. The first-order valence-electron chi connectivity index (χ1n) is 9.55. The molecule has 138 valence electrons. The fourth-order valence-corrected chi connectivity index (χ4v) is 4.20. The predicted octanol–water partition coefficient (Wildman–Crippen LogP) is 5.66. The molecule has 0 saturated heterocycles. The Morgan fingerprint density at radius 3 is 2.44 bits per heavy atom. The van der Waals surface area contributed by atoms with Crippen LogP contribution in [0.25, 0.3) is 0 Å². The Labute approximate surface area is 152 Å². The molecule has 0 bridgehead atoms. The van der Waals surface area contributed by atoms with Crippen LogP contribution in [-0.2, 0) is 9.53 Å². The molecule has 1 N–H and O–H groups in total. The van der Waals surface area contributed by atoms with Crippen LogP contribution in [0.1, 0.15) is 57.8 Å². The molecule has 2 fully saturated rings. The number of carbonyl (C=O) groups is 1. The van der Waals surface area contributed by atoms with Gasteiger partial charge in [0, 0.05) is 5.92 Å². The zero-order valence-electron chi connectivity index (χ0n) is 15.3. The number of hydrogen-bond acceptors (Lipinski definition) is 2. The van der Waals surface area contributed by atoms with Gasteiger partial charge in [0.05, 0.1) is 13.0 Å². The molecule has 1 spiro atoms. The summed E-state index contributed by atoms with van der Waals surface area (Å²) in [5.41, 5.74) is 0.667. The Balaban J connectivity index is 1.76. The highest BCUT2D eigenvalue weighted by Gasteiger charge is 2.37. The van der Waals surface area contributed by atoms with Crippen LogP contribution in [0.3, 0.4) is 0 Å². The average Bonchev–Trinajstić information content (AvgIpc) is 3.06. The number of hydrogen-bond donors (Lipinski definition) is 1. The van der Waals surface area contributed by atoms with E-state index < -0.39 is 5.97 Å². The molecule has 0 amide bonds. The lowest BCUT2D eigenvalue weighted by Crippen LogP contribution is -2.26. The van der Waals surface area contributed by atoms with Crippen molar-refractivity contribution in [2.45, 2.75) is 57.8 Å². The minimum absolute atomic E-state index is 0.0575. The first-order valence-corrected chi connectivity index (χ1v) is 9.55. The summed E-state index contributed by atoms with van der Waals surface area (Å²) >= 11 is 0. The van der Waals surface area contributed by atoms with Crippen molar-refractivity contribution in [3.05, 3.63) is 49.3 Å². The largest absolute Gasteiger partial charge is 0.493 e. The summed E-state index contributed by atoms with van der Waals surface area (Å²) in [4.78, 5) is 10.8. The second-order valence-electron chi connectivity index (χ2n) is 7.62. The van der Waals surface area contributed by atoms with Gasteiger partial charge in [-0.2, -0.15) is 0 Å². The summed E-state index contributed by atoms with van der Waals surface area (Å²) < 4.78 is 5.93. The molecule has 2 saturated carbocycles. The molecule has 0 unspecified atom stereocenters. The molecular formula is C22H32O3. The van der Waals surface area contributed by atoms with Gasteiger partial charge in [-0.1, -0.05) is 37.6 Å². The van der Waals surface area contributed by atoms with E-state index in [1.54, 1.807) is 12.2 Å². The van der Waals surface area contributed by atoms with Crippen LogP contribution in [0, 0.1) is 17.3 Å². The molecule has 2 rings (SSSR count). The smallest absolute Gasteiger partial charge is 0.304 e. The Bertz CT molecular complexity index is 513. The normalized spacial score (nSPS) is 22.2. The van der Waals surface area contributed by atoms with Crippen molar-refractivity contribution in [3.63, 3.8) is 0 Å². The van der Waals surface area contributed by atoms with Crippen LogP contribution < -0.4 is 0 Å². The number of allylic oxidation sites excluding steroid dienone is 5. The molecule has 3 nitrogen and oxygen atoms in total.